The molecule has 0 aliphatic heterocycles. The fourth-order valence-corrected chi connectivity index (χ4v) is 8.03. The van der Waals surface area contributed by atoms with Crippen molar-refractivity contribution in [2.24, 2.45) is 22.7 Å². The van der Waals surface area contributed by atoms with Crippen LogP contribution in [0.1, 0.15) is 55.2 Å². The molecule has 4 unspecified atom stereocenters. The number of aromatic nitrogens is 2. The highest BCUT2D eigenvalue weighted by Crippen LogP contribution is 2.47. The Balaban J connectivity index is 1.32. The van der Waals surface area contributed by atoms with Crippen LogP contribution >= 0.6 is 11.6 Å². The fraction of sp³-hybridized carbons (Fsp3) is 0.400. The Morgan fingerprint density at radius 2 is 1.88 bits per heavy atom. The van der Waals surface area contributed by atoms with E-state index >= 15 is 4.39 Å². The highest BCUT2D eigenvalue weighted by Gasteiger charge is 2.42. The molecule has 6 rings (SSSR count). The van der Waals surface area contributed by atoms with Crippen LogP contribution in [-0.2, 0) is 22.1 Å². The van der Waals surface area contributed by atoms with E-state index in [9.17, 15) is 8.42 Å². The normalized spacial score (nSPS) is 29.7. The molecule has 210 valence electrons. The Bertz CT molecular complexity index is 1630. The number of benzene rings is 2. The Labute approximate surface area is 239 Å². The summed E-state index contributed by atoms with van der Waals surface area (Å²) in [6, 6.07) is 8.70. The van der Waals surface area contributed by atoms with E-state index in [0.717, 1.165) is 42.1 Å². The van der Waals surface area contributed by atoms with Gasteiger partial charge in [-0.15, -0.1) is 0 Å². The molecular weight excluding hydrogens is 549 g/mol. The molecule has 10 heteroatoms. The first-order chi connectivity index (χ1) is 19.0. The van der Waals surface area contributed by atoms with Crippen LogP contribution in [0.2, 0.25) is 5.02 Å². The maximum Gasteiger partial charge on any atom is 0.239 e. The van der Waals surface area contributed by atoms with Crippen LogP contribution in [-0.4, -0.2) is 30.5 Å². The molecule has 0 bridgehead atoms. The van der Waals surface area contributed by atoms with E-state index in [2.05, 4.69) is 10.3 Å². The first kappa shape index (κ1) is 27.3. The third-order valence-corrected chi connectivity index (χ3v) is 10.2. The summed E-state index contributed by atoms with van der Waals surface area (Å²) in [4.78, 5) is 9.27. The van der Waals surface area contributed by atoms with Gasteiger partial charge in [0, 0.05) is 29.6 Å². The van der Waals surface area contributed by atoms with Gasteiger partial charge >= 0.3 is 0 Å². The molecule has 5 N–H and O–H groups in total. The minimum Gasteiger partial charge on any atom is -0.351 e. The minimum absolute atomic E-state index is 0.0415. The summed E-state index contributed by atoms with van der Waals surface area (Å²) in [5, 5.41) is 9.52. The highest BCUT2D eigenvalue weighted by atomic mass is 35.5. The predicted molar refractivity (Wildman–Crippen MR) is 156 cm³/mol. The monoisotopic (exact) mass is 581 g/mol. The summed E-state index contributed by atoms with van der Waals surface area (Å²) in [5.74, 6) is 1.23. The first-order valence-electron chi connectivity index (χ1n) is 13.7. The summed E-state index contributed by atoms with van der Waals surface area (Å²) < 4.78 is 40.7. The minimum atomic E-state index is -3.99. The van der Waals surface area contributed by atoms with Gasteiger partial charge in [-0.05, 0) is 84.9 Å². The number of primary sulfonamides is 1. The summed E-state index contributed by atoms with van der Waals surface area (Å²) in [6.45, 7) is 2.03. The maximum atomic E-state index is 17.1. The van der Waals surface area contributed by atoms with Crippen molar-refractivity contribution in [3.05, 3.63) is 82.5 Å². The topological polar surface area (TPSA) is 124 Å². The van der Waals surface area contributed by atoms with Gasteiger partial charge in [-0.2, -0.15) is 0 Å². The number of nitrogens with one attached hydrogen (secondary N) is 1. The van der Waals surface area contributed by atoms with Crippen molar-refractivity contribution in [1.29, 1.82) is 0 Å². The quantitative estimate of drug-likeness (QED) is 0.353. The molecule has 2 fully saturated rings. The molecule has 0 spiro atoms. The lowest BCUT2D eigenvalue weighted by molar-refractivity contribution is 0.207. The lowest BCUT2D eigenvalue weighted by Crippen LogP contribution is -2.27. The van der Waals surface area contributed by atoms with Crippen molar-refractivity contribution in [3.63, 3.8) is 0 Å². The van der Waals surface area contributed by atoms with Gasteiger partial charge in [0.1, 0.15) is 4.90 Å². The molecule has 40 heavy (non-hydrogen) atoms. The summed E-state index contributed by atoms with van der Waals surface area (Å²) in [5.41, 5.74) is 6.99. The Kier molecular flexibility index (Phi) is 6.97. The molecule has 4 atom stereocenters. The van der Waals surface area contributed by atoms with Crippen LogP contribution in [0, 0.1) is 11.8 Å². The number of anilines is 1. The number of nitrogens with two attached hydrogens (primary N) is 2. The number of rotatable bonds is 6. The molecule has 7 nitrogen and oxygen atoms in total. The van der Waals surface area contributed by atoms with Crippen LogP contribution in [0.5, 0.6) is 0 Å². The zero-order valence-corrected chi connectivity index (χ0v) is 23.8. The molecule has 0 saturated heterocycles. The molecule has 1 heterocycles. The number of hydrogen-bond acceptors (Lipinski definition) is 6. The number of allylic oxidation sites excluding steroid dienone is 4. The van der Waals surface area contributed by atoms with E-state index in [1.54, 1.807) is 36.6 Å². The number of fused-ring (bicyclic) bond motifs is 2. The number of nitrogens with zero attached hydrogens (tertiary/aromatic N) is 2. The van der Waals surface area contributed by atoms with Gasteiger partial charge in [0.15, 0.2) is 5.67 Å². The average Bonchev–Trinajstić information content (AvgIpc) is 3.44. The van der Waals surface area contributed by atoms with Gasteiger partial charge in [-0.3, -0.25) is 0 Å². The third kappa shape index (κ3) is 4.93. The van der Waals surface area contributed by atoms with Crippen molar-refractivity contribution in [2.45, 2.75) is 67.6 Å². The van der Waals surface area contributed by atoms with Crippen molar-refractivity contribution >= 4 is 38.5 Å². The number of hydrogen-bond donors (Lipinski definition) is 3. The fourth-order valence-electron chi connectivity index (χ4n) is 6.93. The van der Waals surface area contributed by atoms with Crippen LogP contribution < -0.4 is 16.2 Å². The van der Waals surface area contributed by atoms with Crippen LogP contribution in [0.25, 0.3) is 10.9 Å². The summed E-state index contributed by atoms with van der Waals surface area (Å²) >= 11 is 6.26. The third-order valence-electron chi connectivity index (χ3n) is 8.80. The molecule has 3 aromatic rings. The van der Waals surface area contributed by atoms with Gasteiger partial charge in [-0.1, -0.05) is 48.9 Å². The van der Waals surface area contributed by atoms with Gasteiger partial charge < -0.3 is 11.1 Å². The molecule has 0 radical (unpaired) electrons. The number of sulfonamides is 1. The summed E-state index contributed by atoms with van der Waals surface area (Å²) in [6.07, 6.45) is 13.5. The van der Waals surface area contributed by atoms with Crippen LogP contribution in [0.3, 0.4) is 0 Å². The van der Waals surface area contributed by atoms with E-state index in [4.69, 9.17) is 27.5 Å². The molecule has 0 amide bonds. The van der Waals surface area contributed by atoms with Crippen LogP contribution in [0.4, 0.5) is 10.3 Å². The van der Waals surface area contributed by atoms with Crippen LogP contribution in [0.15, 0.2) is 65.7 Å². The number of halogens is 2. The second kappa shape index (κ2) is 10.2. The lowest BCUT2D eigenvalue weighted by atomic mass is 9.75. The molecule has 3 aliphatic carbocycles. The van der Waals surface area contributed by atoms with Crippen molar-refractivity contribution in [3.8, 4) is 0 Å². The number of alkyl halides is 1. The van der Waals surface area contributed by atoms with E-state index in [-0.39, 0.29) is 9.92 Å². The van der Waals surface area contributed by atoms with E-state index in [1.807, 2.05) is 13.0 Å². The SMILES string of the molecule is CCc1cc(C2(F)C=CC=CC2c2ccc(S(N)(=O)=O)c(Cl)c2)cc2cnc(NC3CC4CC(N)CC4C3)nc12. The predicted octanol–water partition coefficient (Wildman–Crippen LogP) is 5.50. The zero-order chi connectivity index (χ0) is 28.2. The van der Waals surface area contributed by atoms with E-state index in [0.29, 0.717) is 47.4 Å². The second-order valence-corrected chi connectivity index (χ2v) is 13.3. The van der Waals surface area contributed by atoms with Crippen molar-refractivity contribution < 1.29 is 12.8 Å². The molecular formula is C30H33ClFN5O2S. The Morgan fingerprint density at radius 1 is 1.12 bits per heavy atom. The average molecular weight is 582 g/mol. The molecule has 2 aromatic carbocycles. The largest absolute Gasteiger partial charge is 0.351 e. The second-order valence-electron chi connectivity index (χ2n) is 11.4. The molecule has 2 saturated carbocycles. The number of aryl methyl sites for hydroxylation is 1. The van der Waals surface area contributed by atoms with E-state index in [1.165, 1.54) is 18.2 Å². The highest BCUT2D eigenvalue weighted by molar-refractivity contribution is 7.89. The molecule has 1 aromatic heterocycles. The van der Waals surface area contributed by atoms with Crippen molar-refractivity contribution in [2.75, 3.05) is 5.32 Å². The van der Waals surface area contributed by atoms with Gasteiger partial charge in [0.2, 0.25) is 16.0 Å². The van der Waals surface area contributed by atoms with E-state index < -0.39 is 21.6 Å². The Hall–Kier alpha value is -2.85. The zero-order valence-electron chi connectivity index (χ0n) is 22.2. The smallest absolute Gasteiger partial charge is 0.239 e. The lowest BCUT2D eigenvalue weighted by Gasteiger charge is -2.33. The first-order valence-corrected chi connectivity index (χ1v) is 15.7. The maximum absolute atomic E-state index is 17.1. The van der Waals surface area contributed by atoms with Gasteiger partial charge in [-0.25, -0.2) is 27.9 Å². The van der Waals surface area contributed by atoms with Gasteiger partial charge in [0.25, 0.3) is 0 Å². The molecule has 3 aliphatic rings. The summed E-state index contributed by atoms with van der Waals surface area (Å²) in [7, 11) is -3.99. The van der Waals surface area contributed by atoms with Crippen molar-refractivity contribution in [1.82, 2.24) is 9.97 Å². The Morgan fingerprint density at radius 3 is 2.55 bits per heavy atom. The standard InChI is InChI=1S/C30H33ClFN5O2S/c1-2-17-9-22(30(32)8-4-3-5-25(30)18-6-7-27(26(31)15-18)40(34,38)39)10-21-16-35-29(37-28(17)21)36-24-13-19-11-23(33)12-20(19)14-24/h3-10,15-16,19-20,23-25H,2,11-14,33H2,1H3,(H2,34,38,39)(H,35,36,37). The van der Waals surface area contributed by atoms with Gasteiger partial charge in [0.05, 0.1) is 10.5 Å².